The van der Waals surface area contributed by atoms with E-state index in [1.807, 2.05) is 12.3 Å². The first-order chi connectivity index (χ1) is 12.7. The molecule has 5 nitrogen and oxygen atoms in total. The molecule has 1 saturated carbocycles. The number of fused-ring (bicyclic) bond motifs is 1. The minimum atomic E-state index is 0.0862. The minimum Gasteiger partial charge on any atom is -0.362 e. The molecule has 2 N–H and O–H groups in total. The topological polar surface area (TPSA) is 61.0 Å². The van der Waals surface area contributed by atoms with Crippen molar-refractivity contribution in [2.24, 2.45) is 5.92 Å². The number of amides is 1. The number of pyridine rings is 1. The molecule has 136 valence electrons. The molecule has 6 heteroatoms. The Hall–Kier alpha value is -2.21. The van der Waals surface area contributed by atoms with Crippen LogP contribution in [0.4, 0.5) is 5.82 Å². The lowest BCUT2D eigenvalue weighted by molar-refractivity contribution is -0.117. The van der Waals surface area contributed by atoms with Crippen LogP contribution in [0.15, 0.2) is 24.4 Å². The summed E-state index contributed by atoms with van der Waals surface area (Å²) in [6.45, 7) is 3.96. The first kappa shape index (κ1) is 17.2. The second-order valence-electron chi connectivity index (χ2n) is 7.13. The van der Waals surface area contributed by atoms with Crippen LogP contribution in [-0.4, -0.2) is 38.9 Å². The molecule has 0 bridgehead atoms. The van der Waals surface area contributed by atoms with Gasteiger partial charge in [0, 0.05) is 30.6 Å². The van der Waals surface area contributed by atoms with Crippen molar-refractivity contribution in [3.63, 3.8) is 0 Å². The molecule has 0 spiro atoms. The van der Waals surface area contributed by atoms with Gasteiger partial charge in [0.2, 0.25) is 5.91 Å². The molecule has 0 atom stereocenters. The van der Waals surface area contributed by atoms with E-state index in [1.165, 1.54) is 5.57 Å². The lowest BCUT2D eigenvalue weighted by atomic mass is 9.97. The zero-order valence-electron chi connectivity index (χ0n) is 15.0. The van der Waals surface area contributed by atoms with Crippen LogP contribution in [0, 0.1) is 5.92 Å². The Balaban J connectivity index is 1.60. The summed E-state index contributed by atoms with van der Waals surface area (Å²) >= 11 is 5.52. The van der Waals surface area contributed by atoms with Gasteiger partial charge in [-0.2, -0.15) is 0 Å². The van der Waals surface area contributed by atoms with Gasteiger partial charge in [-0.15, -0.1) is 0 Å². The summed E-state index contributed by atoms with van der Waals surface area (Å²) in [7, 11) is 0. The van der Waals surface area contributed by atoms with Crippen molar-refractivity contribution in [3.05, 3.63) is 30.0 Å². The first-order valence-corrected chi connectivity index (χ1v) is 9.82. The summed E-state index contributed by atoms with van der Waals surface area (Å²) in [6, 6.07) is 4.07. The minimum absolute atomic E-state index is 0.0862. The number of hydrogen-bond acceptors (Lipinski definition) is 3. The maximum Gasteiger partial charge on any atom is 0.228 e. The third kappa shape index (κ3) is 3.51. The number of H-pyrrole nitrogens is 1. The molecule has 1 aliphatic heterocycles. The SMILES string of the molecule is CCCC(=S)N1CC=C(c2cc(NC(=O)C3CC3)nc3[nH]ccc23)CC1. The summed E-state index contributed by atoms with van der Waals surface area (Å²) in [5, 5.41) is 4.08. The van der Waals surface area contributed by atoms with Crippen molar-refractivity contribution in [2.75, 3.05) is 18.4 Å². The molecule has 0 radical (unpaired) electrons. The number of carbonyl (C=O) groups excluding carboxylic acids is 1. The molecule has 2 aliphatic rings. The van der Waals surface area contributed by atoms with Crippen LogP contribution in [0.3, 0.4) is 0 Å². The molecule has 1 aliphatic carbocycles. The molecule has 2 aromatic rings. The van der Waals surface area contributed by atoms with Crippen LogP contribution >= 0.6 is 12.2 Å². The Morgan fingerprint density at radius 1 is 1.46 bits per heavy atom. The molecular weight excluding hydrogens is 344 g/mol. The number of aromatic nitrogens is 2. The van der Waals surface area contributed by atoms with Crippen molar-refractivity contribution in [1.82, 2.24) is 14.9 Å². The second-order valence-corrected chi connectivity index (χ2v) is 7.60. The standard InChI is InChI=1S/C20H24N4OS/c1-2-3-18(26)24-10-7-13(8-11-24)16-12-17(23-20(25)14-4-5-14)22-19-15(16)6-9-21-19/h6-7,9,12,14H,2-5,8,10-11H2,1H3,(H2,21,22,23,25). The monoisotopic (exact) mass is 368 g/mol. The van der Waals surface area contributed by atoms with Crippen molar-refractivity contribution in [2.45, 2.75) is 39.0 Å². The van der Waals surface area contributed by atoms with Crippen LogP contribution in [0.1, 0.15) is 44.6 Å². The Bertz CT molecular complexity index is 881. The highest BCUT2D eigenvalue weighted by Crippen LogP contribution is 2.33. The van der Waals surface area contributed by atoms with E-state index in [4.69, 9.17) is 12.2 Å². The van der Waals surface area contributed by atoms with E-state index in [-0.39, 0.29) is 11.8 Å². The number of nitrogens with one attached hydrogen (secondary N) is 2. The van der Waals surface area contributed by atoms with Crippen LogP contribution in [-0.2, 0) is 4.79 Å². The predicted octanol–water partition coefficient (Wildman–Crippen LogP) is 4.13. The normalized spacial score (nSPS) is 17.3. The van der Waals surface area contributed by atoms with E-state index >= 15 is 0 Å². The molecule has 2 aromatic heterocycles. The number of rotatable bonds is 5. The van der Waals surface area contributed by atoms with Crippen LogP contribution in [0.2, 0.25) is 0 Å². The number of hydrogen-bond donors (Lipinski definition) is 2. The van der Waals surface area contributed by atoms with E-state index in [2.05, 4.69) is 39.3 Å². The maximum absolute atomic E-state index is 12.1. The smallest absolute Gasteiger partial charge is 0.228 e. The van der Waals surface area contributed by atoms with Gasteiger partial charge >= 0.3 is 0 Å². The molecule has 3 heterocycles. The fourth-order valence-corrected chi connectivity index (χ4v) is 3.82. The van der Waals surface area contributed by atoms with Gasteiger partial charge in [0.1, 0.15) is 11.5 Å². The van der Waals surface area contributed by atoms with Gasteiger partial charge in [0.05, 0.1) is 4.99 Å². The van der Waals surface area contributed by atoms with Gasteiger partial charge in [-0.1, -0.05) is 25.2 Å². The molecule has 0 unspecified atom stereocenters. The van der Waals surface area contributed by atoms with Gasteiger partial charge in [-0.3, -0.25) is 4.79 Å². The molecule has 0 saturated heterocycles. The van der Waals surface area contributed by atoms with Crippen LogP contribution < -0.4 is 5.32 Å². The van der Waals surface area contributed by atoms with Crippen molar-refractivity contribution >= 4 is 45.5 Å². The molecule has 1 amide bonds. The Labute approximate surface area is 158 Å². The average Bonchev–Trinajstić information content (AvgIpc) is 3.40. The fraction of sp³-hybridized carbons (Fsp3) is 0.450. The Kier molecular flexibility index (Phi) is 4.76. The van der Waals surface area contributed by atoms with Gasteiger partial charge < -0.3 is 15.2 Å². The number of aromatic amines is 1. The average molecular weight is 369 g/mol. The Morgan fingerprint density at radius 2 is 2.31 bits per heavy atom. The van der Waals surface area contributed by atoms with Gasteiger partial charge in [0.25, 0.3) is 0 Å². The summed E-state index contributed by atoms with van der Waals surface area (Å²) < 4.78 is 0. The highest BCUT2D eigenvalue weighted by Gasteiger charge is 2.30. The van der Waals surface area contributed by atoms with E-state index in [0.29, 0.717) is 5.82 Å². The molecule has 4 rings (SSSR count). The summed E-state index contributed by atoms with van der Waals surface area (Å²) in [5.41, 5.74) is 3.27. The highest BCUT2D eigenvalue weighted by molar-refractivity contribution is 7.80. The highest BCUT2D eigenvalue weighted by atomic mass is 32.1. The second kappa shape index (κ2) is 7.19. The number of carbonyl (C=O) groups is 1. The van der Waals surface area contributed by atoms with E-state index in [1.54, 1.807) is 0 Å². The van der Waals surface area contributed by atoms with E-state index in [9.17, 15) is 4.79 Å². The van der Waals surface area contributed by atoms with Crippen LogP contribution in [0.5, 0.6) is 0 Å². The summed E-state index contributed by atoms with van der Waals surface area (Å²) in [5.74, 6) is 0.890. The third-order valence-corrected chi connectivity index (χ3v) is 5.56. The molecular formula is C20H24N4OS. The van der Waals surface area contributed by atoms with Gasteiger partial charge in [0.15, 0.2) is 0 Å². The molecule has 1 fully saturated rings. The third-order valence-electron chi connectivity index (χ3n) is 5.10. The van der Waals surface area contributed by atoms with Crippen molar-refractivity contribution in [3.8, 4) is 0 Å². The molecule has 0 aromatic carbocycles. The maximum atomic E-state index is 12.1. The van der Waals surface area contributed by atoms with Crippen LogP contribution in [0.25, 0.3) is 16.6 Å². The first-order valence-electron chi connectivity index (χ1n) is 9.42. The number of thiocarbonyl (C=S) groups is 1. The zero-order valence-corrected chi connectivity index (χ0v) is 15.9. The Morgan fingerprint density at radius 3 is 3.00 bits per heavy atom. The van der Waals surface area contributed by atoms with Crippen molar-refractivity contribution < 1.29 is 4.79 Å². The summed E-state index contributed by atoms with van der Waals surface area (Å²) in [4.78, 5) is 23.2. The van der Waals surface area contributed by atoms with Gasteiger partial charge in [-0.25, -0.2) is 4.98 Å². The largest absolute Gasteiger partial charge is 0.362 e. The van der Waals surface area contributed by atoms with E-state index in [0.717, 1.165) is 66.8 Å². The zero-order chi connectivity index (χ0) is 18.1. The van der Waals surface area contributed by atoms with Crippen molar-refractivity contribution in [1.29, 1.82) is 0 Å². The fourth-order valence-electron chi connectivity index (χ4n) is 3.45. The van der Waals surface area contributed by atoms with E-state index < -0.39 is 0 Å². The predicted molar refractivity (Wildman–Crippen MR) is 109 cm³/mol. The lowest BCUT2D eigenvalue weighted by Crippen LogP contribution is -2.33. The number of anilines is 1. The lowest BCUT2D eigenvalue weighted by Gasteiger charge is -2.29. The number of nitrogens with zero attached hydrogens (tertiary/aromatic N) is 2. The molecule has 26 heavy (non-hydrogen) atoms. The quantitative estimate of drug-likeness (QED) is 0.779. The summed E-state index contributed by atoms with van der Waals surface area (Å²) in [6.07, 6.45) is 9.16. The van der Waals surface area contributed by atoms with Gasteiger partial charge in [-0.05, 0) is 55.4 Å².